The van der Waals surface area contributed by atoms with Crippen LogP contribution in [0.5, 0.6) is 0 Å². The highest BCUT2D eigenvalue weighted by Gasteiger charge is 2.18. The second-order valence-electron chi connectivity index (χ2n) is 4.09. The summed E-state index contributed by atoms with van der Waals surface area (Å²) in [5.41, 5.74) is 6.02. The van der Waals surface area contributed by atoms with Crippen LogP contribution in [0.1, 0.15) is 45.0 Å². The molecule has 0 aliphatic heterocycles. The number of nitrogens with two attached hydrogens (primary N) is 1. The highest BCUT2D eigenvalue weighted by atomic mass is 16.6. The van der Waals surface area contributed by atoms with Crippen molar-refractivity contribution < 1.29 is 9.53 Å². The lowest BCUT2D eigenvalue weighted by Gasteiger charge is -2.19. The minimum atomic E-state index is -0.487. The third-order valence-corrected chi connectivity index (χ3v) is 1.58. The van der Waals surface area contributed by atoms with Gasteiger partial charge < -0.3 is 10.5 Å². The molecular formula is C13H21NO2. The van der Waals surface area contributed by atoms with Crippen molar-refractivity contribution in [1.82, 2.24) is 0 Å². The van der Waals surface area contributed by atoms with Crippen LogP contribution in [0.2, 0.25) is 0 Å². The zero-order valence-electron chi connectivity index (χ0n) is 10.7. The quantitative estimate of drug-likeness (QED) is 0.587. The molecule has 0 spiro atoms. The Morgan fingerprint density at radius 2 is 1.69 bits per heavy atom. The van der Waals surface area contributed by atoms with Crippen LogP contribution in [0, 0.1) is 0 Å². The topological polar surface area (TPSA) is 52.3 Å². The Morgan fingerprint density at radius 3 is 2.12 bits per heavy atom. The Labute approximate surface area is 97.6 Å². The van der Waals surface area contributed by atoms with Crippen LogP contribution >= 0.6 is 0 Å². The van der Waals surface area contributed by atoms with E-state index in [1.807, 2.05) is 34.6 Å². The molecule has 3 nitrogen and oxygen atoms in total. The normalized spacial score (nSPS) is 10.1. The van der Waals surface area contributed by atoms with E-state index < -0.39 is 5.60 Å². The number of para-hydroxylation sites is 1. The number of hydrogen-bond donors (Lipinski definition) is 1. The van der Waals surface area contributed by atoms with Gasteiger partial charge in [0, 0.05) is 5.69 Å². The van der Waals surface area contributed by atoms with E-state index in [9.17, 15) is 4.79 Å². The number of rotatable bonds is 1. The molecule has 0 aliphatic carbocycles. The van der Waals surface area contributed by atoms with Crippen molar-refractivity contribution in [2.75, 3.05) is 5.73 Å². The van der Waals surface area contributed by atoms with Gasteiger partial charge in [-0.2, -0.15) is 0 Å². The van der Waals surface area contributed by atoms with Crippen molar-refractivity contribution >= 4 is 11.7 Å². The van der Waals surface area contributed by atoms with E-state index in [2.05, 4.69) is 0 Å². The van der Waals surface area contributed by atoms with E-state index >= 15 is 0 Å². The first-order valence-electron chi connectivity index (χ1n) is 5.48. The maximum absolute atomic E-state index is 11.6. The predicted octanol–water partition coefficient (Wildman–Crippen LogP) is 3.25. The molecule has 0 bridgehead atoms. The first-order chi connectivity index (χ1) is 7.40. The molecule has 3 heteroatoms. The number of benzene rings is 1. The van der Waals surface area contributed by atoms with Crippen molar-refractivity contribution in [3.8, 4) is 0 Å². The molecule has 2 N–H and O–H groups in total. The molecule has 0 amide bonds. The van der Waals surface area contributed by atoms with Crippen molar-refractivity contribution in [2.45, 2.75) is 40.2 Å². The van der Waals surface area contributed by atoms with Crippen LogP contribution < -0.4 is 5.73 Å². The Hall–Kier alpha value is -1.51. The molecule has 0 aromatic heterocycles. The molecule has 16 heavy (non-hydrogen) atoms. The van der Waals surface area contributed by atoms with Gasteiger partial charge in [0.15, 0.2) is 0 Å². The van der Waals surface area contributed by atoms with E-state index in [4.69, 9.17) is 10.5 Å². The molecule has 90 valence electrons. The summed E-state index contributed by atoms with van der Waals surface area (Å²) in [4.78, 5) is 11.6. The van der Waals surface area contributed by atoms with Gasteiger partial charge >= 0.3 is 5.97 Å². The standard InChI is InChI=1S/C11H15NO2.C2H6/c1-11(2,3)14-10(13)8-6-4-5-7-9(8)12;1-2/h4-7H,12H2,1-3H3;1-2H3. The molecular weight excluding hydrogens is 202 g/mol. The number of hydrogen-bond acceptors (Lipinski definition) is 3. The zero-order valence-corrected chi connectivity index (χ0v) is 10.7. The number of esters is 1. The molecule has 0 fully saturated rings. The summed E-state index contributed by atoms with van der Waals surface area (Å²) in [5, 5.41) is 0. The Balaban J connectivity index is 0.00000106. The summed E-state index contributed by atoms with van der Waals surface area (Å²) in [5.74, 6) is -0.379. The minimum Gasteiger partial charge on any atom is -0.456 e. The fraction of sp³-hybridized carbons (Fsp3) is 0.462. The van der Waals surface area contributed by atoms with Gasteiger partial charge in [-0.25, -0.2) is 4.79 Å². The Bertz CT molecular complexity index is 340. The monoisotopic (exact) mass is 223 g/mol. The number of anilines is 1. The summed E-state index contributed by atoms with van der Waals surface area (Å²) in [6.07, 6.45) is 0. The van der Waals surface area contributed by atoms with E-state index in [1.54, 1.807) is 24.3 Å². The maximum atomic E-state index is 11.6. The van der Waals surface area contributed by atoms with E-state index in [0.717, 1.165) is 0 Å². The maximum Gasteiger partial charge on any atom is 0.340 e. The van der Waals surface area contributed by atoms with Gasteiger partial charge in [-0.05, 0) is 32.9 Å². The fourth-order valence-electron chi connectivity index (χ4n) is 1.02. The summed E-state index contributed by atoms with van der Waals surface area (Å²) in [7, 11) is 0. The minimum absolute atomic E-state index is 0.379. The predicted molar refractivity (Wildman–Crippen MR) is 67.4 cm³/mol. The van der Waals surface area contributed by atoms with Gasteiger partial charge in [0.25, 0.3) is 0 Å². The van der Waals surface area contributed by atoms with Crippen LogP contribution in [-0.4, -0.2) is 11.6 Å². The zero-order chi connectivity index (χ0) is 12.8. The lowest BCUT2D eigenvalue weighted by atomic mass is 10.1. The van der Waals surface area contributed by atoms with Crippen molar-refractivity contribution in [1.29, 1.82) is 0 Å². The molecule has 0 atom stereocenters. The smallest absolute Gasteiger partial charge is 0.340 e. The number of ether oxygens (including phenoxy) is 1. The Kier molecular flexibility index (Phi) is 5.57. The molecule has 0 heterocycles. The molecule has 1 aromatic carbocycles. The van der Waals surface area contributed by atoms with Crippen molar-refractivity contribution in [3.63, 3.8) is 0 Å². The van der Waals surface area contributed by atoms with Crippen LogP contribution in [0.15, 0.2) is 24.3 Å². The number of carbonyl (C=O) groups excluding carboxylic acids is 1. The van der Waals surface area contributed by atoms with Crippen LogP contribution in [0.25, 0.3) is 0 Å². The summed E-state index contributed by atoms with van der Waals surface area (Å²) < 4.78 is 5.19. The molecule has 1 aromatic rings. The van der Waals surface area contributed by atoms with E-state index in [0.29, 0.717) is 11.3 Å². The Morgan fingerprint density at radius 1 is 1.19 bits per heavy atom. The molecule has 0 aliphatic rings. The van der Waals surface area contributed by atoms with Crippen LogP contribution in [0.3, 0.4) is 0 Å². The highest BCUT2D eigenvalue weighted by Crippen LogP contribution is 2.16. The highest BCUT2D eigenvalue weighted by molar-refractivity contribution is 5.95. The first-order valence-corrected chi connectivity index (χ1v) is 5.48. The lowest BCUT2D eigenvalue weighted by Crippen LogP contribution is -2.24. The summed E-state index contributed by atoms with van der Waals surface area (Å²) in [6, 6.07) is 6.88. The van der Waals surface area contributed by atoms with Gasteiger partial charge in [0.1, 0.15) is 5.60 Å². The molecule has 1 rings (SSSR count). The fourth-order valence-corrected chi connectivity index (χ4v) is 1.02. The molecule has 0 unspecified atom stereocenters. The third kappa shape index (κ3) is 4.82. The van der Waals surface area contributed by atoms with Crippen molar-refractivity contribution in [3.05, 3.63) is 29.8 Å². The molecule has 0 saturated carbocycles. The van der Waals surface area contributed by atoms with E-state index in [-0.39, 0.29) is 5.97 Å². The average Bonchev–Trinajstić information content (AvgIpc) is 2.18. The molecule has 0 saturated heterocycles. The summed E-state index contributed by atoms with van der Waals surface area (Å²) in [6.45, 7) is 9.47. The largest absolute Gasteiger partial charge is 0.456 e. The average molecular weight is 223 g/mol. The third-order valence-electron chi connectivity index (χ3n) is 1.58. The van der Waals surface area contributed by atoms with Crippen LogP contribution in [0.4, 0.5) is 5.69 Å². The summed E-state index contributed by atoms with van der Waals surface area (Å²) >= 11 is 0. The second kappa shape index (κ2) is 6.16. The van der Waals surface area contributed by atoms with Gasteiger partial charge in [-0.15, -0.1) is 0 Å². The van der Waals surface area contributed by atoms with Gasteiger partial charge in [0.2, 0.25) is 0 Å². The SMILES string of the molecule is CC.CC(C)(C)OC(=O)c1ccccc1N. The van der Waals surface area contributed by atoms with Gasteiger partial charge in [-0.3, -0.25) is 0 Å². The van der Waals surface area contributed by atoms with E-state index in [1.165, 1.54) is 0 Å². The molecule has 0 radical (unpaired) electrons. The van der Waals surface area contributed by atoms with Crippen molar-refractivity contribution in [2.24, 2.45) is 0 Å². The van der Waals surface area contributed by atoms with Gasteiger partial charge in [0.05, 0.1) is 5.56 Å². The number of nitrogen functional groups attached to an aromatic ring is 1. The second-order valence-corrected chi connectivity index (χ2v) is 4.09. The number of carbonyl (C=O) groups is 1. The first kappa shape index (κ1) is 14.5. The van der Waals surface area contributed by atoms with Crippen LogP contribution in [-0.2, 0) is 4.74 Å². The van der Waals surface area contributed by atoms with Gasteiger partial charge in [-0.1, -0.05) is 26.0 Å². The lowest BCUT2D eigenvalue weighted by molar-refractivity contribution is 0.00708.